The fraction of sp³-hybridized carbons (Fsp3) is 0.500. The molecule has 0 bridgehead atoms. The number of halogens is 5. The summed E-state index contributed by atoms with van der Waals surface area (Å²) in [5.74, 6) is -0.307. The molecule has 7 heteroatoms. The standard InChI is InChI=1S/C12H15BrF2N2.2ClH/c13-11-7-9(15)1-2-10(11)12(8-14)17-5-3-16-4-6-17;;/h1-2,7,12,16H,3-6,8H2;2*1H/t12-;;/m0../s1. The van der Waals surface area contributed by atoms with Crippen LogP contribution in [-0.2, 0) is 0 Å². The summed E-state index contributed by atoms with van der Waals surface area (Å²) >= 11 is 3.31. The van der Waals surface area contributed by atoms with Crippen molar-refractivity contribution in [2.24, 2.45) is 0 Å². The average molecular weight is 378 g/mol. The quantitative estimate of drug-likeness (QED) is 0.868. The molecule has 110 valence electrons. The predicted molar refractivity (Wildman–Crippen MR) is 81.8 cm³/mol. The van der Waals surface area contributed by atoms with Crippen LogP contribution in [0.15, 0.2) is 22.7 Å². The van der Waals surface area contributed by atoms with Gasteiger partial charge in [0, 0.05) is 30.7 Å². The minimum absolute atomic E-state index is 0. The Morgan fingerprint density at radius 1 is 1.26 bits per heavy atom. The Morgan fingerprint density at radius 3 is 2.42 bits per heavy atom. The Kier molecular flexibility index (Phi) is 9.11. The first-order chi connectivity index (χ1) is 8.22. The Hall–Kier alpha value is 0.0600. The van der Waals surface area contributed by atoms with Crippen LogP contribution in [0.2, 0.25) is 0 Å². The van der Waals surface area contributed by atoms with Crippen molar-refractivity contribution in [2.75, 3.05) is 32.9 Å². The van der Waals surface area contributed by atoms with E-state index in [0.717, 1.165) is 31.7 Å². The Balaban J connectivity index is 0.00000162. The molecule has 1 fully saturated rings. The smallest absolute Gasteiger partial charge is 0.124 e. The summed E-state index contributed by atoms with van der Waals surface area (Å²) in [6.45, 7) is 2.92. The average Bonchev–Trinajstić information content (AvgIpc) is 2.34. The summed E-state index contributed by atoms with van der Waals surface area (Å²) < 4.78 is 26.9. The maximum Gasteiger partial charge on any atom is 0.124 e. The molecule has 2 nitrogen and oxygen atoms in total. The van der Waals surface area contributed by atoms with Gasteiger partial charge in [-0.1, -0.05) is 22.0 Å². The maximum atomic E-state index is 13.2. The molecule has 19 heavy (non-hydrogen) atoms. The van der Waals surface area contributed by atoms with Gasteiger partial charge in [-0.15, -0.1) is 24.8 Å². The number of nitrogens with zero attached hydrogens (tertiary/aromatic N) is 1. The highest BCUT2D eigenvalue weighted by Gasteiger charge is 2.23. The van der Waals surface area contributed by atoms with Crippen molar-refractivity contribution in [3.63, 3.8) is 0 Å². The lowest BCUT2D eigenvalue weighted by molar-refractivity contribution is 0.147. The second-order valence-electron chi connectivity index (χ2n) is 4.12. The maximum absolute atomic E-state index is 13.2. The van der Waals surface area contributed by atoms with E-state index >= 15 is 0 Å². The lowest BCUT2D eigenvalue weighted by atomic mass is 10.1. The lowest BCUT2D eigenvalue weighted by Gasteiger charge is -2.34. The highest BCUT2D eigenvalue weighted by molar-refractivity contribution is 9.10. The number of alkyl halides is 1. The van der Waals surface area contributed by atoms with Gasteiger partial charge in [0.05, 0.1) is 6.04 Å². The highest BCUT2D eigenvalue weighted by Crippen LogP contribution is 2.29. The van der Waals surface area contributed by atoms with Crippen molar-refractivity contribution in [3.8, 4) is 0 Å². The molecule has 0 aliphatic carbocycles. The van der Waals surface area contributed by atoms with Crippen LogP contribution >= 0.6 is 40.7 Å². The van der Waals surface area contributed by atoms with Crippen molar-refractivity contribution >= 4 is 40.7 Å². The van der Waals surface area contributed by atoms with Crippen molar-refractivity contribution in [1.29, 1.82) is 0 Å². The normalized spacial score (nSPS) is 17.2. The van der Waals surface area contributed by atoms with Crippen LogP contribution in [0, 0.1) is 5.82 Å². The minimum Gasteiger partial charge on any atom is -0.314 e. The highest BCUT2D eigenvalue weighted by atomic mass is 79.9. The number of hydrogen-bond donors (Lipinski definition) is 1. The zero-order chi connectivity index (χ0) is 12.3. The van der Waals surface area contributed by atoms with Gasteiger partial charge in [0.15, 0.2) is 0 Å². The monoisotopic (exact) mass is 376 g/mol. The van der Waals surface area contributed by atoms with Crippen LogP contribution in [0.4, 0.5) is 8.78 Å². The van der Waals surface area contributed by atoms with Gasteiger partial charge in [-0.05, 0) is 17.7 Å². The molecule has 0 unspecified atom stereocenters. The summed E-state index contributed by atoms with van der Waals surface area (Å²) in [4.78, 5) is 2.09. The Morgan fingerprint density at radius 2 is 1.89 bits per heavy atom. The number of nitrogens with one attached hydrogen (secondary N) is 1. The molecule has 1 heterocycles. The third-order valence-electron chi connectivity index (χ3n) is 3.06. The van der Waals surface area contributed by atoms with Crippen LogP contribution in [0.5, 0.6) is 0 Å². The van der Waals surface area contributed by atoms with E-state index in [0.29, 0.717) is 4.47 Å². The number of hydrogen-bond acceptors (Lipinski definition) is 2. The fourth-order valence-electron chi connectivity index (χ4n) is 2.14. The van der Waals surface area contributed by atoms with Gasteiger partial charge in [0.1, 0.15) is 12.5 Å². The summed E-state index contributed by atoms with van der Waals surface area (Å²) in [5, 5.41) is 3.23. The fourth-order valence-corrected chi connectivity index (χ4v) is 2.76. The van der Waals surface area contributed by atoms with E-state index in [9.17, 15) is 8.78 Å². The molecular weight excluding hydrogens is 361 g/mol. The van der Waals surface area contributed by atoms with Crippen molar-refractivity contribution in [3.05, 3.63) is 34.1 Å². The van der Waals surface area contributed by atoms with E-state index < -0.39 is 6.67 Å². The van der Waals surface area contributed by atoms with Crippen LogP contribution in [0.1, 0.15) is 11.6 Å². The van der Waals surface area contributed by atoms with Gasteiger partial charge in [-0.2, -0.15) is 0 Å². The molecule has 1 atom stereocenters. The van der Waals surface area contributed by atoms with Crippen LogP contribution in [0.25, 0.3) is 0 Å². The number of rotatable bonds is 3. The summed E-state index contributed by atoms with van der Waals surface area (Å²) in [6.07, 6.45) is 0. The molecule has 0 spiro atoms. The number of benzene rings is 1. The molecule has 0 amide bonds. The van der Waals surface area contributed by atoms with E-state index in [1.807, 2.05) is 0 Å². The van der Waals surface area contributed by atoms with Crippen molar-refractivity contribution < 1.29 is 8.78 Å². The summed E-state index contributed by atoms with van der Waals surface area (Å²) in [6, 6.07) is 4.14. The second kappa shape index (κ2) is 9.08. The molecule has 1 aromatic rings. The van der Waals surface area contributed by atoms with Gasteiger partial charge < -0.3 is 5.32 Å². The van der Waals surface area contributed by atoms with Crippen LogP contribution in [-0.4, -0.2) is 37.8 Å². The van der Waals surface area contributed by atoms with Gasteiger partial charge in [-0.25, -0.2) is 8.78 Å². The molecule has 0 radical (unpaired) electrons. The third-order valence-corrected chi connectivity index (χ3v) is 3.75. The van der Waals surface area contributed by atoms with E-state index in [-0.39, 0.29) is 36.7 Å². The molecular formula is C12H17BrCl2F2N2. The zero-order valence-electron chi connectivity index (χ0n) is 10.2. The van der Waals surface area contributed by atoms with Crippen LogP contribution < -0.4 is 5.32 Å². The van der Waals surface area contributed by atoms with Crippen molar-refractivity contribution in [1.82, 2.24) is 10.2 Å². The molecule has 1 aliphatic heterocycles. The summed E-state index contributed by atoms with van der Waals surface area (Å²) in [7, 11) is 0. The molecule has 1 saturated heterocycles. The first kappa shape index (κ1) is 19.1. The SMILES string of the molecule is Cl.Cl.FC[C@@H](c1ccc(F)cc1Br)N1CCNCC1. The molecule has 2 rings (SSSR count). The van der Waals surface area contributed by atoms with Gasteiger partial charge in [-0.3, -0.25) is 4.90 Å². The third kappa shape index (κ3) is 4.83. The molecule has 0 saturated carbocycles. The van der Waals surface area contributed by atoms with E-state index in [4.69, 9.17) is 0 Å². The minimum atomic E-state index is -0.454. The zero-order valence-corrected chi connectivity index (χ0v) is 13.5. The lowest BCUT2D eigenvalue weighted by Crippen LogP contribution is -2.45. The van der Waals surface area contributed by atoms with Crippen LogP contribution in [0.3, 0.4) is 0 Å². The first-order valence-electron chi connectivity index (χ1n) is 5.68. The van der Waals surface area contributed by atoms with E-state index in [1.54, 1.807) is 6.07 Å². The molecule has 1 aromatic carbocycles. The van der Waals surface area contributed by atoms with Gasteiger partial charge in [0.2, 0.25) is 0 Å². The number of piperazine rings is 1. The molecule has 1 aliphatic rings. The van der Waals surface area contributed by atoms with Crippen molar-refractivity contribution in [2.45, 2.75) is 6.04 Å². The van der Waals surface area contributed by atoms with Gasteiger partial charge >= 0.3 is 0 Å². The molecule has 1 N–H and O–H groups in total. The molecule has 0 aromatic heterocycles. The second-order valence-corrected chi connectivity index (χ2v) is 4.98. The van der Waals surface area contributed by atoms with E-state index in [1.165, 1.54) is 12.1 Å². The van der Waals surface area contributed by atoms with Gasteiger partial charge in [0.25, 0.3) is 0 Å². The summed E-state index contributed by atoms with van der Waals surface area (Å²) in [5.41, 5.74) is 0.816. The predicted octanol–water partition coefficient (Wildman–Crippen LogP) is 3.35. The topological polar surface area (TPSA) is 15.3 Å². The van der Waals surface area contributed by atoms with E-state index in [2.05, 4.69) is 26.1 Å². The largest absolute Gasteiger partial charge is 0.314 e. The Bertz CT molecular complexity index is 390. The Labute approximate surface area is 132 Å². The first-order valence-corrected chi connectivity index (χ1v) is 6.47.